The Morgan fingerprint density at radius 1 is 1.73 bits per heavy atom. The van der Waals surface area contributed by atoms with Gasteiger partial charge >= 0.3 is 5.97 Å². The summed E-state index contributed by atoms with van der Waals surface area (Å²) in [6.45, 7) is 4.48. The lowest BCUT2D eigenvalue weighted by molar-refractivity contribution is -0.138. The first-order chi connectivity index (χ1) is 7.13. The van der Waals surface area contributed by atoms with Crippen molar-refractivity contribution in [1.29, 1.82) is 0 Å². The summed E-state index contributed by atoms with van der Waals surface area (Å²) >= 11 is 1.67. The summed E-state index contributed by atoms with van der Waals surface area (Å²) < 4.78 is 4.53. The summed E-state index contributed by atoms with van der Waals surface area (Å²) in [5.41, 5.74) is 0. The highest BCUT2D eigenvalue weighted by molar-refractivity contribution is 8.13. The summed E-state index contributed by atoms with van der Waals surface area (Å²) in [5.74, 6) is 1.36. The van der Waals surface area contributed by atoms with Crippen LogP contribution >= 0.6 is 11.8 Å². The van der Waals surface area contributed by atoms with Gasteiger partial charge in [0.05, 0.1) is 7.11 Å². The van der Waals surface area contributed by atoms with Crippen LogP contribution in [0.25, 0.3) is 0 Å². The van der Waals surface area contributed by atoms with Gasteiger partial charge in [-0.2, -0.15) is 0 Å². The topological polar surface area (TPSA) is 50.7 Å². The quantitative estimate of drug-likeness (QED) is 0.742. The minimum atomic E-state index is -0.295. The zero-order chi connectivity index (χ0) is 11.3. The van der Waals surface area contributed by atoms with Crippen LogP contribution < -0.4 is 5.32 Å². The molecule has 0 aromatic carbocycles. The first kappa shape index (κ1) is 12.4. The number of rotatable bonds is 3. The molecule has 0 radical (unpaired) electrons. The van der Waals surface area contributed by atoms with Crippen molar-refractivity contribution >= 4 is 22.9 Å². The molecule has 0 saturated carbocycles. The van der Waals surface area contributed by atoms with Gasteiger partial charge in [0.2, 0.25) is 0 Å². The number of amidine groups is 1. The van der Waals surface area contributed by atoms with Gasteiger partial charge in [-0.25, -0.2) is 0 Å². The monoisotopic (exact) mass is 230 g/mol. The van der Waals surface area contributed by atoms with E-state index in [1.807, 2.05) is 0 Å². The molecule has 0 aromatic heterocycles. The largest absolute Gasteiger partial charge is 0.468 e. The molecule has 0 spiro atoms. The smallest absolute Gasteiger partial charge is 0.327 e. The van der Waals surface area contributed by atoms with Crippen LogP contribution in [0, 0.1) is 5.92 Å². The average molecular weight is 230 g/mol. The van der Waals surface area contributed by atoms with Crippen LogP contribution in [0.5, 0.6) is 0 Å². The van der Waals surface area contributed by atoms with Gasteiger partial charge < -0.3 is 10.1 Å². The van der Waals surface area contributed by atoms with Crippen molar-refractivity contribution < 1.29 is 9.53 Å². The summed E-state index contributed by atoms with van der Waals surface area (Å²) in [4.78, 5) is 15.1. The molecule has 1 rings (SSSR count). The molecule has 1 aliphatic rings. The number of hydrogen-bond acceptors (Lipinski definition) is 4. The molecule has 15 heavy (non-hydrogen) atoms. The van der Waals surface area contributed by atoms with E-state index in [2.05, 4.69) is 28.9 Å². The number of nitrogens with zero attached hydrogens (tertiary/aromatic N) is 1. The van der Waals surface area contributed by atoms with E-state index in [1.165, 1.54) is 7.11 Å². The van der Waals surface area contributed by atoms with Crippen molar-refractivity contribution in [2.24, 2.45) is 10.9 Å². The van der Waals surface area contributed by atoms with E-state index in [0.717, 1.165) is 17.3 Å². The normalized spacial score (nSPS) is 24.0. The van der Waals surface area contributed by atoms with Crippen molar-refractivity contribution in [3.05, 3.63) is 0 Å². The number of ether oxygens (including phenoxy) is 1. The van der Waals surface area contributed by atoms with Gasteiger partial charge in [-0.05, 0) is 12.3 Å². The number of carbonyl (C=O) groups is 1. The fraction of sp³-hybridized carbons (Fsp3) is 0.800. The van der Waals surface area contributed by atoms with E-state index < -0.39 is 0 Å². The highest BCUT2D eigenvalue weighted by Crippen LogP contribution is 2.18. The Balaban J connectivity index is 2.45. The number of hydrogen-bond donors (Lipinski definition) is 1. The molecule has 1 N–H and O–H groups in total. The van der Waals surface area contributed by atoms with Crippen LogP contribution in [-0.2, 0) is 9.53 Å². The van der Waals surface area contributed by atoms with Crippen LogP contribution in [0.15, 0.2) is 4.99 Å². The molecular formula is C10H18N2O2S. The molecule has 1 aliphatic heterocycles. The lowest BCUT2D eigenvalue weighted by atomic mass is 10.0. The van der Waals surface area contributed by atoms with E-state index in [-0.39, 0.29) is 12.5 Å². The van der Waals surface area contributed by atoms with Gasteiger partial charge in [0.25, 0.3) is 0 Å². The van der Waals surface area contributed by atoms with E-state index in [0.29, 0.717) is 12.0 Å². The molecule has 0 amide bonds. The molecule has 1 unspecified atom stereocenters. The zero-order valence-corrected chi connectivity index (χ0v) is 10.3. The molecular weight excluding hydrogens is 212 g/mol. The third-order valence-electron chi connectivity index (χ3n) is 2.36. The molecule has 1 fully saturated rings. The maximum absolute atomic E-state index is 10.9. The first-order valence-corrected chi connectivity index (χ1v) is 6.12. The van der Waals surface area contributed by atoms with Crippen LogP contribution in [0.1, 0.15) is 20.3 Å². The molecule has 1 heterocycles. The standard InChI is InChI=1S/C10H18N2O2S/c1-7(2)8-4-5-15-10(12-8)11-6-9(13)14-3/h7-8H,4-6H2,1-3H3,(H,11,12). The number of methoxy groups -OCH3 is 1. The zero-order valence-electron chi connectivity index (χ0n) is 9.45. The molecule has 5 heteroatoms. The molecule has 0 bridgehead atoms. The third-order valence-corrected chi connectivity index (χ3v) is 3.32. The van der Waals surface area contributed by atoms with Crippen molar-refractivity contribution in [3.63, 3.8) is 0 Å². The summed E-state index contributed by atoms with van der Waals surface area (Å²) in [7, 11) is 1.38. The number of carbonyl (C=O) groups excluding carboxylic acids is 1. The van der Waals surface area contributed by atoms with Gasteiger partial charge in [-0.1, -0.05) is 25.6 Å². The van der Waals surface area contributed by atoms with Crippen LogP contribution in [0.2, 0.25) is 0 Å². The fourth-order valence-corrected chi connectivity index (χ4v) is 2.30. The van der Waals surface area contributed by atoms with Gasteiger partial charge in [-0.15, -0.1) is 0 Å². The number of thioether (sulfide) groups is 1. The maximum atomic E-state index is 10.9. The first-order valence-electron chi connectivity index (χ1n) is 5.14. The van der Waals surface area contributed by atoms with E-state index in [4.69, 9.17) is 0 Å². The van der Waals surface area contributed by atoms with Crippen molar-refractivity contribution in [2.75, 3.05) is 19.4 Å². The lowest BCUT2D eigenvalue weighted by Crippen LogP contribution is -2.41. The number of esters is 1. The van der Waals surface area contributed by atoms with Gasteiger partial charge in [-0.3, -0.25) is 9.79 Å². The summed E-state index contributed by atoms with van der Waals surface area (Å²) in [6.07, 6.45) is 1.15. The van der Waals surface area contributed by atoms with Gasteiger partial charge in [0.1, 0.15) is 6.54 Å². The van der Waals surface area contributed by atoms with Crippen molar-refractivity contribution in [3.8, 4) is 0 Å². The van der Waals surface area contributed by atoms with Crippen molar-refractivity contribution in [1.82, 2.24) is 5.32 Å². The maximum Gasteiger partial charge on any atom is 0.327 e. The number of aliphatic imine (C=N–C) groups is 1. The van der Waals surface area contributed by atoms with Gasteiger partial charge in [0, 0.05) is 11.8 Å². The predicted molar refractivity (Wildman–Crippen MR) is 63.2 cm³/mol. The predicted octanol–water partition coefficient (Wildman–Crippen LogP) is 1.27. The molecule has 1 saturated heterocycles. The van der Waals surface area contributed by atoms with E-state index in [9.17, 15) is 4.79 Å². The minimum Gasteiger partial charge on any atom is -0.468 e. The fourth-order valence-electron chi connectivity index (χ4n) is 1.35. The molecule has 1 atom stereocenters. The van der Waals surface area contributed by atoms with E-state index >= 15 is 0 Å². The Bertz CT molecular complexity index is 254. The Morgan fingerprint density at radius 2 is 2.47 bits per heavy atom. The highest BCUT2D eigenvalue weighted by atomic mass is 32.2. The average Bonchev–Trinajstić information content (AvgIpc) is 2.26. The molecule has 86 valence electrons. The minimum absolute atomic E-state index is 0.108. The number of nitrogens with one attached hydrogen (secondary N) is 1. The molecule has 0 aromatic rings. The summed E-state index contributed by atoms with van der Waals surface area (Å²) in [5, 5.41) is 4.20. The van der Waals surface area contributed by atoms with Gasteiger partial charge in [0.15, 0.2) is 5.17 Å². The SMILES string of the molecule is COC(=O)CN=C1NC(C(C)C)CCS1. The third kappa shape index (κ3) is 4.11. The summed E-state index contributed by atoms with van der Waals surface area (Å²) in [6, 6.07) is 0.475. The Kier molecular flexibility index (Phi) is 4.94. The van der Waals surface area contributed by atoms with Crippen LogP contribution in [0.4, 0.5) is 0 Å². The Morgan fingerprint density at radius 3 is 3.07 bits per heavy atom. The van der Waals surface area contributed by atoms with E-state index in [1.54, 1.807) is 11.8 Å². The Hall–Kier alpha value is -0.710. The Labute approximate surface area is 94.9 Å². The molecule has 0 aliphatic carbocycles. The van der Waals surface area contributed by atoms with Crippen molar-refractivity contribution in [2.45, 2.75) is 26.3 Å². The second-order valence-corrected chi connectivity index (χ2v) is 4.91. The van der Waals surface area contributed by atoms with Crippen LogP contribution in [-0.4, -0.2) is 36.6 Å². The highest BCUT2D eigenvalue weighted by Gasteiger charge is 2.20. The second kappa shape index (κ2) is 6.00. The second-order valence-electron chi connectivity index (χ2n) is 3.83. The lowest BCUT2D eigenvalue weighted by Gasteiger charge is -2.28. The molecule has 4 nitrogen and oxygen atoms in total. The van der Waals surface area contributed by atoms with Crippen LogP contribution in [0.3, 0.4) is 0 Å².